The van der Waals surface area contributed by atoms with E-state index in [0.717, 1.165) is 57.3 Å². The van der Waals surface area contributed by atoms with Crippen LogP contribution in [0.3, 0.4) is 0 Å². The van der Waals surface area contributed by atoms with Gasteiger partial charge in [0.05, 0.1) is 19.2 Å². The Bertz CT molecular complexity index is 569. The quantitative estimate of drug-likeness (QED) is 0.845. The van der Waals surface area contributed by atoms with Crippen LogP contribution in [0, 0.1) is 11.3 Å². The molecule has 1 aliphatic heterocycles. The number of nitrogens with zero attached hydrogens (tertiary/aromatic N) is 4. The molecule has 1 aromatic rings. The third-order valence-electron chi connectivity index (χ3n) is 4.66. The predicted octanol–water partition coefficient (Wildman–Crippen LogP) is 0.525. The van der Waals surface area contributed by atoms with Crippen molar-refractivity contribution in [3.8, 4) is 6.07 Å². The Labute approximate surface area is 130 Å². The predicted molar refractivity (Wildman–Crippen MR) is 79.7 cm³/mol. The maximum Gasteiger partial charge on any atom is 0.235 e. The van der Waals surface area contributed by atoms with Crippen LogP contribution in [0.4, 0.5) is 0 Å². The number of aryl methyl sites for hydroxylation is 1. The van der Waals surface area contributed by atoms with Gasteiger partial charge in [0.2, 0.25) is 5.91 Å². The average Bonchev–Trinajstić information content (AvgIpc) is 3.01. The number of hydrogen-bond donors (Lipinski definition) is 2. The van der Waals surface area contributed by atoms with Gasteiger partial charge in [-0.05, 0) is 19.3 Å². The number of nitrogens with one attached hydrogen (secondary N) is 2. The van der Waals surface area contributed by atoms with E-state index in [4.69, 9.17) is 0 Å². The Morgan fingerprint density at radius 3 is 3.05 bits per heavy atom. The van der Waals surface area contributed by atoms with E-state index < -0.39 is 5.54 Å². The lowest BCUT2D eigenvalue weighted by atomic mass is 9.83. The lowest BCUT2D eigenvalue weighted by Crippen LogP contribution is -2.52. The molecule has 2 heterocycles. The summed E-state index contributed by atoms with van der Waals surface area (Å²) in [6.07, 6.45) is 8.11. The van der Waals surface area contributed by atoms with Gasteiger partial charge in [-0.25, -0.2) is 9.67 Å². The lowest BCUT2D eigenvalue weighted by molar-refractivity contribution is -0.122. The number of carbonyl (C=O) groups excluding carboxylic acids is 1. The highest BCUT2D eigenvalue weighted by Gasteiger charge is 2.33. The number of hydrogen-bond acceptors (Lipinski definition) is 5. The maximum atomic E-state index is 12.2. The molecule has 3 rings (SSSR count). The normalized spacial score (nSPS) is 23.3. The first-order chi connectivity index (χ1) is 10.7. The van der Waals surface area contributed by atoms with Crippen LogP contribution in [-0.4, -0.2) is 38.8 Å². The summed E-state index contributed by atoms with van der Waals surface area (Å²) in [4.78, 5) is 16.3. The van der Waals surface area contributed by atoms with Gasteiger partial charge in [-0.15, -0.1) is 0 Å². The maximum absolute atomic E-state index is 12.2. The van der Waals surface area contributed by atoms with Crippen molar-refractivity contribution < 1.29 is 4.79 Å². The van der Waals surface area contributed by atoms with Crippen LogP contribution in [0.15, 0.2) is 6.33 Å². The molecule has 1 aromatic heterocycles. The molecule has 0 spiro atoms. The largest absolute Gasteiger partial charge is 0.337 e. The Balaban J connectivity index is 1.48. The minimum Gasteiger partial charge on any atom is -0.337 e. The Morgan fingerprint density at radius 2 is 2.27 bits per heavy atom. The van der Waals surface area contributed by atoms with E-state index in [-0.39, 0.29) is 18.5 Å². The number of aromatic nitrogens is 3. The molecular formula is C15H22N6O. The van der Waals surface area contributed by atoms with Gasteiger partial charge in [-0.2, -0.15) is 10.4 Å². The van der Waals surface area contributed by atoms with Crippen LogP contribution in [0.25, 0.3) is 0 Å². The summed E-state index contributed by atoms with van der Waals surface area (Å²) in [6.45, 7) is 0.990. The van der Waals surface area contributed by atoms with Gasteiger partial charge < -0.3 is 10.6 Å². The van der Waals surface area contributed by atoms with Crippen molar-refractivity contribution in [1.29, 1.82) is 5.26 Å². The second kappa shape index (κ2) is 6.44. The first-order valence-corrected chi connectivity index (χ1v) is 8.03. The molecule has 0 radical (unpaired) electrons. The first kappa shape index (κ1) is 15.0. The van der Waals surface area contributed by atoms with E-state index in [9.17, 15) is 10.1 Å². The summed E-state index contributed by atoms with van der Waals surface area (Å²) < 4.78 is 1.89. The zero-order valence-electron chi connectivity index (χ0n) is 12.7. The molecular weight excluding hydrogens is 280 g/mol. The fourth-order valence-corrected chi connectivity index (χ4v) is 3.37. The first-order valence-electron chi connectivity index (χ1n) is 8.03. The number of fused-ring (bicyclic) bond motifs is 1. The van der Waals surface area contributed by atoms with Crippen molar-refractivity contribution in [2.75, 3.05) is 6.54 Å². The molecule has 1 atom stereocenters. The van der Waals surface area contributed by atoms with E-state index in [1.165, 1.54) is 0 Å². The standard InChI is InChI=1S/C15H22N6O/c16-10-15(6-2-1-3-7-15)20-14(22)8-17-12-4-5-13-18-11-19-21(13)9-12/h11-12,17H,1-9H2,(H,20,22)/t12-/m1/s1. The van der Waals surface area contributed by atoms with Crippen LogP contribution in [0.2, 0.25) is 0 Å². The van der Waals surface area contributed by atoms with Gasteiger partial charge >= 0.3 is 0 Å². The summed E-state index contributed by atoms with van der Waals surface area (Å²) in [5.41, 5.74) is -0.650. The third kappa shape index (κ3) is 3.28. The van der Waals surface area contributed by atoms with Gasteiger partial charge in [-0.3, -0.25) is 4.79 Å². The summed E-state index contributed by atoms with van der Waals surface area (Å²) in [5.74, 6) is 0.918. The molecule has 118 valence electrons. The molecule has 7 nitrogen and oxygen atoms in total. The molecule has 1 saturated carbocycles. The fraction of sp³-hybridized carbons (Fsp3) is 0.733. The summed E-state index contributed by atoms with van der Waals surface area (Å²) >= 11 is 0. The van der Waals surface area contributed by atoms with E-state index in [0.29, 0.717) is 0 Å². The van der Waals surface area contributed by atoms with Gasteiger partial charge in [0.15, 0.2) is 0 Å². The van der Waals surface area contributed by atoms with Crippen LogP contribution < -0.4 is 10.6 Å². The number of nitriles is 1. The van der Waals surface area contributed by atoms with Gasteiger partial charge in [0, 0.05) is 12.5 Å². The number of rotatable bonds is 4. The molecule has 0 bridgehead atoms. The molecule has 2 N–H and O–H groups in total. The molecule has 1 amide bonds. The van der Waals surface area contributed by atoms with Crippen LogP contribution in [0.5, 0.6) is 0 Å². The zero-order valence-corrected chi connectivity index (χ0v) is 12.7. The second-order valence-electron chi connectivity index (χ2n) is 6.28. The van der Waals surface area contributed by atoms with E-state index in [2.05, 4.69) is 26.8 Å². The molecule has 1 aliphatic carbocycles. The highest BCUT2D eigenvalue weighted by atomic mass is 16.2. The summed E-state index contributed by atoms with van der Waals surface area (Å²) in [7, 11) is 0. The van der Waals surface area contributed by atoms with Crippen LogP contribution >= 0.6 is 0 Å². The molecule has 2 aliphatic rings. The van der Waals surface area contributed by atoms with Crippen molar-refractivity contribution in [3.05, 3.63) is 12.2 Å². The third-order valence-corrected chi connectivity index (χ3v) is 4.66. The average molecular weight is 302 g/mol. The monoisotopic (exact) mass is 302 g/mol. The Hall–Kier alpha value is -1.94. The summed E-state index contributed by atoms with van der Waals surface area (Å²) in [5, 5.41) is 19.8. The number of carbonyl (C=O) groups is 1. The second-order valence-corrected chi connectivity index (χ2v) is 6.28. The lowest BCUT2D eigenvalue weighted by Gasteiger charge is -2.32. The molecule has 22 heavy (non-hydrogen) atoms. The Kier molecular flexibility index (Phi) is 4.39. The molecule has 7 heteroatoms. The minimum absolute atomic E-state index is 0.0900. The zero-order chi connectivity index (χ0) is 15.4. The SMILES string of the molecule is N#CC1(NC(=O)CN[C@@H]2CCc3ncnn3C2)CCCCC1. The van der Waals surface area contributed by atoms with Crippen molar-refractivity contribution in [3.63, 3.8) is 0 Å². The molecule has 0 unspecified atom stereocenters. The van der Waals surface area contributed by atoms with Crippen molar-refractivity contribution in [1.82, 2.24) is 25.4 Å². The van der Waals surface area contributed by atoms with E-state index in [1.807, 2.05) is 4.68 Å². The number of amides is 1. The van der Waals surface area contributed by atoms with Crippen molar-refractivity contribution in [2.24, 2.45) is 0 Å². The van der Waals surface area contributed by atoms with Crippen molar-refractivity contribution >= 4 is 5.91 Å². The van der Waals surface area contributed by atoms with E-state index in [1.54, 1.807) is 6.33 Å². The molecule has 0 saturated heterocycles. The smallest absolute Gasteiger partial charge is 0.235 e. The highest BCUT2D eigenvalue weighted by Crippen LogP contribution is 2.27. The molecule has 0 aromatic carbocycles. The van der Waals surface area contributed by atoms with Gasteiger partial charge in [0.1, 0.15) is 17.7 Å². The van der Waals surface area contributed by atoms with Crippen molar-refractivity contribution in [2.45, 2.75) is 63.1 Å². The van der Waals surface area contributed by atoms with Gasteiger partial charge in [0.25, 0.3) is 0 Å². The van der Waals surface area contributed by atoms with E-state index >= 15 is 0 Å². The minimum atomic E-state index is -0.650. The topological polar surface area (TPSA) is 95.6 Å². The fourth-order valence-electron chi connectivity index (χ4n) is 3.37. The summed E-state index contributed by atoms with van der Waals surface area (Å²) in [6, 6.07) is 2.54. The van der Waals surface area contributed by atoms with Crippen LogP contribution in [-0.2, 0) is 17.8 Å². The Morgan fingerprint density at radius 1 is 1.45 bits per heavy atom. The highest BCUT2D eigenvalue weighted by molar-refractivity contribution is 5.79. The van der Waals surface area contributed by atoms with Gasteiger partial charge in [-0.1, -0.05) is 19.3 Å². The van der Waals surface area contributed by atoms with Crippen LogP contribution in [0.1, 0.15) is 44.3 Å². The molecule has 1 fully saturated rings.